The highest BCUT2D eigenvalue weighted by molar-refractivity contribution is 5.95. The number of amides is 1. The molecule has 0 aliphatic carbocycles. The Balaban J connectivity index is 1.43. The minimum atomic E-state index is 0.0897. The van der Waals surface area contributed by atoms with E-state index in [4.69, 9.17) is 9.47 Å². The number of carbonyl (C=O) groups is 1. The van der Waals surface area contributed by atoms with E-state index in [-0.39, 0.29) is 12.7 Å². The first kappa shape index (κ1) is 16.0. The van der Waals surface area contributed by atoms with E-state index in [1.807, 2.05) is 17.0 Å². The Morgan fingerprint density at radius 1 is 1.12 bits per heavy atom. The topological polar surface area (TPSA) is 38.8 Å². The SMILES string of the molecule is Cc1ccc(C[C@@H]2CCCN(C(=O)c3ccc4c(c3)OCO4)C2)cc1. The Bertz CT molecular complexity index is 769. The van der Waals surface area contributed by atoms with Crippen molar-refractivity contribution in [3.05, 3.63) is 59.2 Å². The lowest BCUT2D eigenvalue weighted by Gasteiger charge is -2.33. The summed E-state index contributed by atoms with van der Waals surface area (Å²) in [6.07, 6.45) is 3.27. The van der Waals surface area contributed by atoms with E-state index in [0.29, 0.717) is 23.0 Å². The van der Waals surface area contributed by atoms with Crippen LogP contribution in [0.3, 0.4) is 0 Å². The van der Waals surface area contributed by atoms with Gasteiger partial charge >= 0.3 is 0 Å². The molecule has 1 amide bonds. The van der Waals surface area contributed by atoms with Gasteiger partial charge in [-0.05, 0) is 55.9 Å². The van der Waals surface area contributed by atoms with Gasteiger partial charge in [0.2, 0.25) is 6.79 Å². The van der Waals surface area contributed by atoms with Crippen LogP contribution in [0.25, 0.3) is 0 Å². The van der Waals surface area contributed by atoms with Crippen LogP contribution in [0.2, 0.25) is 0 Å². The molecule has 2 aliphatic rings. The molecule has 0 spiro atoms. The highest BCUT2D eigenvalue weighted by atomic mass is 16.7. The number of benzene rings is 2. The van der Waals surface area contributed by atoms with Crippen molar-refractivity contribution in [2.75, 3.05) is 19.9 Å². The Morgan fingerprint density at radius 2 is 1.92 bits per heavy atom. The number of ether oxygens (including phenoxy) is 2. The van der Waals surface area contributed by atoms with E-state index >= 15 is 0 Å². The molecular formula is C21H23NO3. The summed E-state index contributed by atoms with van der Waals surface area (Å²) >= 11 is 0. The van der Waals surface area contributed by atoms with Crippen molar-refractivity contribution < 1.29 is 14.3 Å². The number of aryl methyl sites for hydroxylation is 1. The van der Waals surface area contributed by atoms with Crippen molar-refractivity contribution in [3.63, 3.8) is 0 Å². The second kappa shape index (κ2) is 6.79. The van der Waals surface area contributed by atoms with Gasteiger partial charge in [-0.1, -0.05) is 29.8 Å². The zero-order chi connectivity index (χ0) is 17.2. The van der Waals surface area contributed by atoms with Crippen LogP contribution in [-0.4, -0.2) is 30.7 Å². The largest absolute Gasteiger partial charge is 0.454 e. The number of hydrogen-bond acceptors (Lipinski definition) is 3. The molecule has 0 unspecified atom stereocenters. The fraction of sp³-hybridized carbons (Fsp3) is 0.381. The van der Waals surface area contributed by atoms with Gasteiger partial charge in [-0.3, -0.25) is 4.79 Å². The molecule has 2 aromatic carbocycles. The third kappa shape index (κ3) is 3.48. The number of fused-ring (bicyclic) bond motifs is 1. The quantitative estimate of drug-likeness (QED) is 0.855. The van der Waals surface area contributed by atoms with Crippen LogP contribution in [-0.2, 0) is 6.42 Å². The van der Waals surface area contributed by atoms with Crippen molar-refractivity contribution in [1.29, 1.82) is 0 Å². The Hall–Kier alpha value is -2.49. The average molecular weight is 337 g/mol. The first-order valence-electron chi connectivity index (χ1n) is 8.93. The molecule has 1 atom stereocenters. The molecule has 2 aliphatic heterocycles. The second-order valence-corrected chi connectivity index (χ2v) is 7.02. The van der Waals surface area contributed by atoms with Crippen molar-refractivity contribution in [1.82, 2.24) is 4.90 Å². The van der Waals surface area contributed by atoms with E-state index < -0.39 is 0 Å². The van der Waals surface area contributed by atoms with E-state index in [9.17, 15) is 4.79 Å². The molecule has 4 nitrogen and oxygen atoms in total. The van der Waals surface area contributed by atoms with Gasteiger partial charge in [0.05, 0.1) is 0 Å². The van der Waals surface area contributed by atoms with E-state index in [0.717, 1.165) is 25.9 Å². The fourth-order valence-electron chi connectivity index (χ4n) is 3.69. The smallest absolute Gasteiger partial charge is 0.254 e. The van der Waals surface area contributed by atoms with Crippen LogP contribution < -0.4 is 9.47 Å². The van der Waals surface area contributed by atoms with Crippen LogP contribution in [0.15, 0.2) is 42.5 Å². The summed E-state index contributed by atoms with van der Waals surface area (Å²) in [4.78, 5) is 14.9. The molecule has 4 rings (SSSR count). The monoisotopic (exact) mass is 337 g/mol. The zero-order valence-electron chi connectivity index (χ0n) is 14.5. The predicted molar refractivity (Wildman–Crippen MR) is 96.1 cm³/mol. The van der Waals surface area contributed by atoms with Gasteiger partial charge in [0.25, 0.3) is 5.91 Å². The maximum atomic E-state index is 12.9. The standard InChI is InChI=1S/C21H23NO3/c1-15-4-6-16(7-5-15)11-17-3-2-10-22(13-17)21(23)18-8-9-19-20(12-18)25-14-24-19/h4-9,12,17H,2-3,10-11,13-14H2,1H3/t17-/m0/s1. The fourth-order valence-corrected chi connectivity index (χ4v) is 3.69. The zero-order valence-corrected chi connectivity index (χ0v) is 14.5. The van der Waals surface area contributed by atoms with Gasteiger partial charge in [0, 0.05) is 18.7 Å². The average Bonchev–Trinajstić information content (AvgIpc) is 3.11. The third-order valence-electron chi connectivity index (χ3n) is 5.07. The van der Waals surface area contributed by atoms with Crippen LogP contribution >= 0.6 is 0 Å². The van der Waals surface area contributed by atoms with Crippen LogP contribution in [0.1, 0.15) is 34.3 Å². The maximum Gasteiger partial charge on any atom is 0.254 e. The number of piperidine rings is 1. The van der Waals surface area contributed by atoms with Gasteiger partial charge in [-0.25, -0.2) is 0 Å². The van der Waals surface area contributed by atoms with Crippen LogP contribution in [0.5, 0.6) is 11.5 Å². The van der Waals surface area contributed by atoms with Gasteiger partial charge in [-0.2, -0.15) is 0 Å². The molecule has 4 heteroatoms. The number of rotatable bonds is 3. The van der Waals surface area contributed by atoms with Gasteiger partial charge < -0.3 is 14.4 Å². The first-order chi connectivity index (χ1) is 12.2. The Morgan fingerprint density at radius 3 is 2.76 bits per heavy atom. The minimum absolute atomic E-state index is 0.0897. The summed E-state index contributed by atoms with van der Waals surface area (Å²) in [5, 5.41) is 0. The van der Waals surface area contributed by atoms with Crippen molar-refractivity contribution in [3.8, 4) is 11.5 Å². The van der Waals surface area contributed by atoms with E-state index in [1.54, 1.807) is 6.07 Å². The predicted octanol–water partition coefficient (Wildman–Crippen LogP) is 3.82. The lowest BCUT2D eigenvalue weighted by Crippen LogP contribution is -2.40. The summed E-state index contributed by atoms with van der Waals surface area (Å²) in [6.45, 7) is 3.99. The molecule has 0 aromatic heterocycles. The molecule has 0 radical (unpaired) electrons. The third-order valence-corrected chi connectivity index (χ3v) is 5.07. The molecule has 1 fully saturated rings. The molecule has 0 bridgehead atoms. The van der Waals surface area contributed by atoms with Crippen molar-refractivity contribution in [2.24, 2.45) is 5.92 Å². The number of likely N-dealkylation sites (tertiary alicyclic amines) is 1. The number of hydrogen-bond donors (Lipinski definition) is 0. The summed E-state index contributed by atoms with van der Waals surface area (Å²) in [6, 6.07) is 14.2. The molecule has 1 saturated heterocycles. The van der Waals surface area contributed by atoms with Crippen LogP contribution in [0.4, 0.5) is 0 Å². The van der Waals surface area contributed by atoms with Crippen molar-refractivity contribution >= 4 is 5.91 Å². The summed E-state index contributed by atoms with van der Waals surface area (Å²) < 4.78 is 10.7. The Kier molecular flexibility index (Phi) is 4.35. The normalized spacial score (nSPS) is 19.1. The number of nitrogens with zero attached hydrogens (tertiary/aromatic N) is 1. The van der Waals surface area contributed by atoms with E-state index in [1.165, 1.54) is 17.5 Å². The highest BCUT2D eigenvalue weighted by Gasteiger charge is 2.26. The molecule has 0 N–H and O–H groups in total. The number of carbonyl (C=O) groups excluding carboxylic acids is 1. The molecule has 25 heavy (non-hydrogen) atoms. The lowest BCUT2D eigenvalue weighted by molar-refractivity contribution is 0.0673. The minimum Gasteiger partial charge on any atom is -0.454 e. The first-order valence-corrected chi connectivity index (χ1v) is 8.93. The Labute approximate surface area is 148 Å². The molecule has 0 saturated carbocycles. The van der Waals surface area contributed by atoms with Gasteiger partial charge in [0.1, 0.15) is 0 Å². The van der Waals surface area contributed by atoms with Crippen molar-refractivity contribution in [2.45, 2.75) is 26.2 Å². The van der Waals surface area contributed by atoms with Gasteiger partial charge in [-0.15, -0.1) is 0 Å². The maximum absolute atomic E-state index is 12.9. The summed E-state index contributed by atoms with van der Waals surface area (Å²) in [5.74, 6) is 1.99. The lowest BCUT2D eigenvalue weighted by atomic mass is 9.90. The van der Waals surface area contributed by atoms with E-state index in [2.05, 4.69) is 31.2 Å². The summed E-state index contributed by atoms with van der Waals surface area (Å²) in [7, 11) is 0. The molecule has 2 aromatic rings. The van der Waals surface area contributed by atoms with Crippen LogP contribution in [0, 0.1) is 12.8 Å². The second-order valence-electron chi connectivity index (χ2n) is 7.02. The molecular weight excluding hydrogens is 314 g/mol. The highest BCUT2D eigenvalue weighted by Crippen LogP contribution is 2.33. The molecule has 130 valence electrons. The summed E-state index contributed by atoms with van der Waals surface area (Å²) in [5.41, 5.74) is 3.32. The van der Waals surface area contributed by atoms with Gasteiger partial charge in [0.15, 0.2) is 11.5 Å². The molecule has 2 heterocycles.